The van der Waals surface area contributed by atoms with Crippen LogP contribution in [0, 0.1) is 0 Å². The van der Waals surface area contributed by atoms with Gasteiger partial charge >= 0.3 is 0 Å². The summed E-state index contributed by atoms with van der Waals surface area (Å²) in [6.45, 7) is 7.34. The Morgan fingerprint density at radius 2 is 1.89 bits per heavy atom. The van der Waals surface area contributed by atoms with Gasteiger partial charge in [-0.25, -0.2) is 0 Å². The maximum absolute atomic E-state index is 5.98. The molecule has 1 aromatic rings. The molecule has 0 aliphatic rings. The van der Waals surface area contributed by atoms with Crippen molar-refractivity contribution in [3.63, 3.8) is 0 Å². The molecule has 18 heavy (non-hydrogen) atoms. The quantitative estimate of drug-likeness (QED) is 0.827. The maximum Gasteiger partial charge on any atom is 0.0473 e. The summed E-state index contributed by atoms with van der Waals surface area (Å²) in [6.07, 6.45) is 1.09. The van der Waals surface area contributed by atoms with Gasteiger partial charge in [0.1, 0.15) is 0 Å². The van der Waals surface area contributed by atoms with Crippen molar-refractivity contribution in [3.05, 3.63) is 32.7 Å². The first-order chi connectivity index (χ1) is 8.33. The van der Waals surface area contributed by atoms with Crippen LogP contribution in [0.3, 0.4) is 0 Å². The molecule has 0 saturated carbocycles. The van der Waals surface area contributed by atoms with Crippen molar-refractivity contribution < 1.29 is 0 Å². The second-order valence-corrected chi connectivity index (χ2v) is 6.91. The zero-order valence-corrected chi connectivity index (χ0v) is 14.7. The Labute approximate surface area is 127 Å². The van der Waals surface area contributed by atoms with E-state index in [0.717, 1.165) is 15.4 Å². The number of nitrogens with zero attached hydrogens (tertiary/aromatic N) is 1. The first-order valence-electron chi connectivity index (χ1n) is 6.21. The summed E-state index contributed by atoms with van der Waals surface area (Å²) in [7, 11) is 2.15. The van der Waals surface area contributed by atoms with Crippen LogP contribution in [0.25, 0.3) is 0 Å². The Kier molecular flexibility index (Phi) is 5.84. The molecule has 4 heteroatoms. The van der Waals surface area contributed by atoms with E-state index in [0.29, 0.717) is 6.54 Å². The monoisotopic (exact) mass is 376 g/mol. The van der Waals surface area contributed by atoms with Gasteiger partial charge in [-0.15, -0.1) is 0 Å². The second-order valence-electron chi connectivity index (χ2n) is 5.20. The van der Waals surface area contributed by atoms with Gasteiger partial charge in [0.25, 0.3) is 0 Å². The highest BCUT2D eigenvalue weighted by atomic mass is 79.9. The minimum Gasteiger partial charge on any atom is -0.329 e. The minimum atomic E-state index is 0.142. The molecule has 0 aliphatic carbocycles. The number of nitrogens with two attached hydrogens (primary N) is 1. The van der Waals surface area contributed by atoms with Crippen molar-refractivity contribution >= 4 is 31.9 Å². The van der Waals surface area contributed by atoms with Crippen molar-refractivity contribution in [3.8, 4) is 0 Å². The van der Waals surface area contributed by atoms with Crippen LogP contribution in [0.15, 0.2) is 27.1 Å². The third-order valence-electron chi connectivity index (χ3n) is 3.84. The zero-order chi connectivity index (χ0) is 13.9. The molecule has 2 N–H and O–H groups in total. The summed E-state index contributed by atoms with van der Waals surface area (Å²) in [6, 6.07) is 6.58. The summed E-state index contributed by atoms with van der Waals surface area (Å²) in [5.74, 6) is 0. The molecule has 0 saturated heterocycles. The molecule has 102 valence electrons. The number of likely N-dealkylation sites (N-methyl/N-ethyl adjacent to an activating group) is 1. The molecule has 0 spiro atoms. The lowest BCUT2D eigenvalue weighted by atomic mass is 9.95. The molecule has 1 unspecified atom stereocenters. The van der Waals surface area contributed by atoms with E-state index >= 15 is 0 Å². The Morgan fingerprint density at radius 1 is 1.28 bits per heavy atom. The lowest BCUT2D eigenvalue weighted by molar-refractivity contribution is 0.100. The van der Waals surface area contributed by atoms with Gasteiger partial charge in [-0.05, 0) is 76.9 Å². The van der Waals surface area contributed by atoms with E-state index in [4.69, 9.17) is 5.73 Å². The molecule has 0 heterocycles. The Morgan fingerprint density at radius 3 is 2.33 bits per heavy atom. The second kappa shape index (κ2) is 6.51. The summed E-state index contributed by atoms with van der Waals surface area (Å²) in [5.41, 5.74) is 7.37. The maximum atomic E-state index is 5.98. The normalized spacial score (nSPS) is 14.0. The molecule has 0 amide bonds. The summed E-state index contributed by atoms with van der Waals surface area (Å²) in [4.78, 5) is 2.36. The summed E-state index contributed by atoms with van der Waals surface area (Å²) < 4.78 is 2.14. The first kappa shape index (κ1) is 16.2. The number of rotatable bonds is 5. The van der Waals surface area contributed by atoms with Crippen LogP contribution in [-0.4, -0.2) is 24.0 Å². The molecular weight excluding hydrogens is 356 g/mol. The van der Waals surface area contributed by atoms with E-state index in [1.165, 1.54) is 5.56 Å². The van der Waals surface area contributed by atoms with Gasteiger partial charge < -0.3 is 5.73 Å². The number of hydrogen-bond donors (Lipinski definition) is 1. The van der Waals surface area contributed by atoms with Crippen molar-refractivity contribution in [2.45, 2.75) is 38.8 Å². The fourth-order valence-corrected chi connectivity index (χ4v) is 2.55. The molecule has 0 bridgehead atoms. The number of hydrogen-bond acceptors (Lipinski definition) is 2. The third kappa shape index (κ3) is 3.56. The predicted octanol–water partition coefficient (Wildman–Crippen LogP) is 4.33. The predicted molar refractivity (Wildman–Crippen MR) is 85.8 cm³/mol. The van der Waals surface area contributed by atoms with Crippen molar-refractivity contribution in [1.82, 2.24) is 4.90 Å². The molecule has 2 nitrogen and oxygen atoms in total. The minimum absolute atomic E-state index is 0.142. The fourth-order valence-electron chi connectivity index (χ4n) is 1.91. The lowest BCUT2D eigenvalue weighted by Crippen LogP contribution is -2.45. The summed E-state index contributed by atoms with van der Waals surface area (Å²) in [5, 5.41) is 0. The molecule has 0 radical (unpaired) electrons. The van der Waals surface area contributed by atoms with Gasteiger partial charge in [0.15, 0.2) is 0 Å². The van der Waals surface area contributed by atoms with Crippen LogP contribution >= 0.6 is 31.9 Å². The average Bonchev–Trinajstić information content (AvgIpc) is 2.34. The van der Waals surface area contributed by atoms with E-state index in [9.17, 15) is 0 Å². The van der Waals surface area contributed by atoms with E-state index in [2.05, 4.69) is 82.8 Å². The molecule has 1 rings (SSSR count). The van der Waals surface area contributed by atoms with E-state index < -0.39 is 0 Å². The molecule has 1 aromatic carbocycles. The van der Waals surface area contributed by atoms with E-state index in [-0.39, 0.29) is 11.6 Å². The standard InChI is InChI=1S/C14H22Br2N2/c1-5-14(2,3)18(4)13(9-17)10-6-7-11(15)12(16)8-10/h6-8,13H,5,9,17H2,1-4H3. The van der Waals surface area contributed by atoms with Gasteiger partial charge in [0.05, 0.1) is 0 Å². The van der Waals surface area contributed by atoms with Crippen LogP contribution in [-0.2, 0) is 0 Å². The summed E-state index contributed by atoms with van der Waals surface area (Å²) >= 11 is 7.05. The van der Waals surface area contributed by atoms with Crippen LogP contribution in [0.4, 0.5) is 0 Å². The van der Waals surface area contributed by atoms with Crippen molar-refractivity contribution in [2.75, 3.05) is 13.6 Å². The molecule has 0 aromatic heterocycles. The smallest absolute Gasteiger partial charge is 0.0473 e. The number of halogens is 2. The Balaban J connectivity index is 3.06. The van der Waals surface area contributed by atoms with Crippen molar-refractivity contribution in [1.29, 1.82) is 0 Å². The van der Waals surface area contributed by atoms with Crippen LogP contribution in [0.5, 0.6) is 0 Å². The van der Waals surface area contributed by atoms with Gasteiger partial charge in [-0.2, -0.15) is 0 Å². The average molecular weight is 378 g/mol. The molecule has 0 aliphatic heterocycles. The van der Waals surface area contributed by atoms with E-state index in [1.807, 2.05) is 0 Å². The van der Waals surface area contributed by atoms with Gasteiger partial charge in [0.2, 0.25) is 0 Å². The Hall–Kier alpha value is 0.1000. The largest absolute Gasteiger partial charge is 0.329 e. The highest BCUT2D eigenvalue weighted by Gasteiger charge is 2.28. The van der Waals surface area contributed by atoms with Crippen LogP contribution in [0.1, 0.15) is 38.8 Å². The van der Waals surface area contributed by atoms with Crippen LogP contribution < -0.4 is 5.73 Å². The van der Waals surface area contributed by atoms with Gasteiger partial charge in [-0.1, -0.05) is 13.0 Å². The third-order valence-corrected chi connectivity index (χ3v) is 5.72. The van der Waals surface area contributed by atoms with Crippen molar-refractivity contribution in [2.24, 2.45) is 5.73 Å². The number of benzene rings is 1. The lowest BCUT2D eigenvalue weighted by Gasteiger charge is -2.40. The zero-order valence-electron chi connectivity index (χ0n) is 11.5. The SMILES string of the molecule is CCC(C)(C)N(C)C(CN)c1ccc(Br)c(Br)c1. The molecular formula is C14H22Br2N2. The highest BCUT2D eigenvalue weighted by molar-refractivity contribution is 9.13. The molecule has 1 atom stereocenters. The topological polar surface area (TPSA) is 29.3 Å². The molecule has 0 fully saturated rings. The van der Waals surface area contributed by atoms with E-state index in [1.54, 1.807) is 0 Å². The fraction of sp³-hybridized carbons (Fsp3) is 0.571. The Bertz CT molecular complexity index is 405. The highest BCUT2D eigenvalue weighted by Crippen LogP contribution is 2.31. The first-order valence-corrected chi connectivity index (χ1v) is 7.80. The van der Waals surface area contributed by atoms with Crippen LogP contribution in [0.2, 0.25) is 0 Å². The van der Waals surface area contributed by atoms with Gasteiger partial charge in [-0.3, -0.25) is 4.90 Å². The van der Waals surface area contributed by atoms with Gasteiger partial charge in [0, 0.05) is 27.1 Å².